The number of benzene rings is 1. The van der Waals surface area contributed by atoms with Gasteiger partial charge in [-0.1, -0.05) is 33.3 Å². The zero-order chi connectivity index (χ0) is 21.7. The Labute approximate surface area is 170 Å². The summed E-state index contributed by atoms with van der Waals surface area (Å²) >= 11 is 0. The maximum Gasteiger partial charge on any atom is 0.330 e. The lowest BCUT2D eigenvalue weighted by atomic mass is 10.1. The molecule has 0 bridgehead atoms. The van der Waals surface area contributed by atoms with E-state index >= 15 is 0 Å². The van der Waals surface area contributed by atoms with Gasteiger partial charge in [-0.15, -0.1) is 0 Å². The van der Waals surface area contributed by atoms with Crippen LogP contribution in [0.15, 0.2) is 27.8 Å². The lowest BCUT2D eigenvalue weighted by molar-refractivity contribution is 0.0983. The van der Waals surface area contributed by atoms with Crippen molar-refractivity contribution in [1.29, 1.82) is 0 Å². The van der Waals surface area contributed by atoms with E-state index in [4.69, 9.17) is 10.5 Å². The largest absolute Gasteiger partial charge is 0.496 e. The minimum atomic E-state index is -0.673. The van der Waals surface area contributed by atoms with E-state index in [1.807, 2.05) is 27.7 Å². The number of nitrogen functional groups attached to an aromatic ring is 1. The molecule has 29 heavy (non-hydrogen) atoms. The topological polar surface area (TPSA) is 110 Å². The normalized spacial score (nSPS) is 11.0. The highest BCUT2D eigenvalue weighted by Crippen LogP contribution is 2.24. The first-order valence-corrected chi connectivity index (χ1v) is 9.80. The molecule has 2 aromatic rings. The average Bonchev–Trinajstić information content (AvgIpc) is 2.66. The summed E-state index contributed by atoms with van der Waals surface area (Å²) in [4.78, 5) is 41.9. The van der Waals surface area contributed by atoms with E-state index in [9.17, 15) is 14.4 Å². The molecule has 0 radical (unpaired) electrons. The minimum Gasteiger partial charge on any atom is -0.496 e. The second-order valence-corrected chi connectivity index (χ2v) is 7.49. The molecule has 1 aromatic carbocycles. The zero-order valence-corrected chi connectivity index (χ0v) is 17.7. The molecule has 3 N–H and O–H groups in total. The molecule has 1 aromatic heterocycles. The van der Waals surface area contributed by atoms with E-state index in [0.29, 0.717) is 17.9 Å². The monoisotopic (exact) mass is 402 g/mol. The average molecular weight is 402 g/mol. The number of amides is 1. The molecule has 0 saturated heterocycles. The van der Waals surface area contributed by atoms with Gasteiger partial charge in [0.15, 0.2) is 5.69 Å². The molecule has 1 amide bonds. The van der Waals surface area contributed by atoms with Crippen molar-refractivity contribution in [3.63, 3.8) is 0 Å². The Hall–Kier alpha value is -3.03. The van der Waals surface area contributed by atoms with Crippen LogP contribution in [-0.2, 0) is 6.54 Å². The van der Waals surface area contributed by atoms with Crippen molar-refractivity contribution in [1.82, 2.24) is 9.55 Å². The summed E-state index contributed by atoms with van der Waals surface area (Å²) in [5.74, 6) is 0.270. The molecule has 0 aliphatic rings. The van der Waals surface area contributed by atoms with Crippen molar-refractivity contribution in [3.8, 4) is 5.75 Å². The number of rotatable bonds is 8. The molecule has 0 fully saturated rings. The van der Waals surface area contributed by atoms with Gasteiger partial charge in [-0.25, -0.2) is 4.79 Å². The van der Waals surface area contributed by atoms with Crippen LogP contribution in [0.3, 0.4) is 0 Å². The van der Waals surface area contributed by atoms with Gasteiger partial charge in [0, 0.05) is 18.7 Å². The Bertz CT molecular complexity index is 991. The second-order valence-electron chi connectivity index (χ2n) is 7.49. The number of hydrogen-bond acceptors (Lipinski definition) is 5. The van der Waals surface area contributed by atoms with Gasteiger partial charge in [-0.3, -0.25) is 19.1 Å². The van der Waals surface area contributed by atoms with Gasteiger partial charge in [0.1, 0.15) is 11.6 Å². The van der Waals surface area contributed by atoms with E-state index in [-0.39, 0.29) is 29.9 Å². The number of nitrogens with one attached hydrogen (secondary N) is 1. The summed E-state index contributed by atoms with van der Waals surface area (Å²) in [5, 5.41) is 0. The third kappa shape index (κ3) is 4.88. The molecule has 0 spiro atoms. The summed E-state index contributed by atoms with van der Waals surface area (Å²) in [7, 11) is 1.54. The SMILES string of the molecule is CCCCn1c(N)c(N(CC(C)C)C(=O)c2ccc(C)c(OC)c2)c(=O)[nH]c1=O. The summed E-state index contributed by atoms with van der Waals surface area (Å²) < 4.78 is 6.64. The van der Waals surface area contributed by atoms with E-state index in [1.54, 1.807) is 18.2 Å². The van der Waals surface area contributed by atoms with Crippen LogP contribution in [0.25, 0.3) is 0 Å². The molecule has 0 aliphatic heterocycles. The van der Waals surface area contributed by atoms with Gasteiger partial charge in [0.2, 0.25) is 0 Å². The number of nitrogens with zero attached hydrogens (tertiary/aromatic N) is 2. The molecule has 0 saturated carbocycles. The number of anilines is 2. The van der Waals surface area contributed by atoms with Crippen LogP contribution in [0.2, 0.25) is 0 Å². The van der Waals surface area contributed by atoms with Crippen LogP contribution in [0.1, 0.15) is 49.5 Å². The van der Waals surface area contributed by atoms with Crippen molar-refractivity contribution in [2.45, 2.75) is 47.1 Å². The number of carbonyl (C=O) groups excluding carboxylic acids is 1. The van der Waals surface area contributed by atoms with Gasteiger partial charge >= 0.3 is 5.69 Å². The predicted octanol–water partition coefficient (Wildman–Crippen LogP) is 2.54. The van der Waals surface area contributed by atoms with Gasteiger partial charge in [-0.2, -0.15) is 0 Å². The fraction of sp³-hybridized carbons (Fsp3) is 0.476. The quantitative estimate of drug-likeness (QED) is 0.705. The van der Waals surface area contributed by atoms with Crippen LogP contribution >= 0.6 is 0 Å². The fourth-order valence-electron chi connectivity index (χ4n) is 3.13. The van der Waals surface area contributed by atoms with Crippen LogP contribution in [-0.4, -0.2) is 29.1 Å². The van der Waals surface area contributed by atoms with Gasteiger partial charge < -0.3 is 15.4 Å². The number of H-pyrrole nitrogens is 1. The maximum absolute atomic E-state index is 13.3. The number of carbonyl (C=O) groups is 1. The van der Waals surface area contributed by atoms with Crippen molar-refractivity contribution in [3.05, 3.63) is 50.2 Å². The highest BCUT2D eigenvalue weighted by atomic mass is 16.5. The van der Waals surface area contributed by atoms with Crippen molar-refractivity contribution < 1.29 is 9.53 Å². The number of ether oxygens (including phenoxy) is 1. The third-order valence-corrected chi connectivity index (χ3v) is 4.67. The molecule has 8 heteroatoms. The molecule has 0 unspecified atom stereocenters. The summed E-state index contributed by atoms with van der Waals surface area (Å²) in [6, 6.07) is 5.11. The number of methoxy groups -OCH3 is 1. The molecule has 0 aliphatic carbocycles. The lowest BCUT2D eigenvalue weighted by Gasteiger charge is -2.26. The first kappa shape index (κ1) is 22.3. The number of aromatic amines is 1. The summed E-state index contributed by atoms with van der Waals surface area (Å²) in [6.07, 6.45) is 1.58. The van der Waals surface area contributed by atoms with Crippen molar-refractivity contribution >= 4 is 17.4 Å². The highest BCUT2D eigenvalue weighted by molar-refractivity contribution is 6.07. The number of unbranched alkanes of at least 4 members (excludes halogenated alkanes) is 1. The molecule has 2 rings (SSSR count). The van der Waals surface area contributed by atoms with E-state index in [2.05, 4.69) is 4.98 Å². The van der Waals surface area contributed by atoms with Crippen molar-refractivity contribution in [2.24, 2.45) is 5.92 Å². The number of nitrogens with two attached hydrogens (primary N) is 1. The maximum atomic E-state index is 13.3. The van der Waals surface area contributed by atoms with E-state index in [0.717, 1.165) is 18.4 Å². The summed E-state index contributed by atoms with van der Waals surface area (Å²) in [5.41, 5.74) is 6.25. The zero-order valence-electron chi connectivity index (χ0n) is 17.7. The Kier molecular flexibility index (Phi) is 7.25. The molecule has 8 nitrogen and oxygen atoms in total. The second kappa shape index (κ2) is 9.45. The minimum absolute atomic E-state index is 0.000256. The smallest absolute Gasteiger partial charge is 0.330 e. The Morgan fingerprint density at radius 2 is 2.00 bits per heavy atom. The third-order valence-electron chi connectivity index (χ3n) is 4.67. The summed E-state index contributed by atoms with van der Waals surface area (Å²) in [6.45, 7) is 8.39. The Morgan fingerprint density at radius 3 is 2.59 bits per heavy atom. The van der Waals surface area contributed by atoms with Gasteiger partial charge in [0.25, 0.3) is 11.5 Å². The van der Waals surface area contributed by atoms with Crippen LogP contribution in [0, 0.1) is 12.8 Å². The van der Waals surface area contributed by atoms with Crippen LogP contribution < -0.4 is 26.6 Å². The molecule has 0 atom stereocenters. The number of aryl methyl sites for hydroxylation is 1. The van der Waals surface area contributed by atoms with E-state index < -0.39 is 11.2 Å². The van der Waals surface area contributed by atoms with Crippen molar-refractivity contribution in [2.75, 3.05) is 24.3 Å². The van der Waals surface area contributed by atoms with Crippen LogP contribution in [0.4, 0.5) is 11.5 Å². The number of aromatic nitrogens is 2. The molecular formula is C21H30N4O4. The van der Waals surface area contributed by atoms with Gasteiger partial charge in [0.05, 0.1) is 7.11 Å². The standard InChI is InChI=1S/C21H30N4O4/c1-6-7-10-24-18(22)17(19(26)23-21(24)28)25(12-13(2)3)20(27)15-9-8-14(4)16(11-15)29-5/h8-9,11,13H,6-7,10,12,22H2,1-5H3,(H,23,26,28). The first-order chi connectivity index (χ1) is 13.7. The Balaban J connectivity index is 2.63. The molecular weight excluding hydrogens is 372 g/mol. The molecule has 158 valence electrons. The Morgan fingerprint density at radius 1 is 1.31 bits per heavy atom. The van der Waals surface area contributed by atoms with Crippen LogP contribution in [0.5, 0.6) is 5.75 Å². The van der Waals surface area contributed by atoms with Gasteiger partial charge in [-0.05, 0) is 37.0 Å². The van der Waals surface area contributed by atoms with E-state index in [1.165, 1.54) is 16.6 Å². The fourth-order valence-corrected chi connectivity index (χ4v) is 3.13. The first-order valence-electron chi connectivity index (χ1n) is 9.80. The highest BCUT2D eigenvalue weighted by Gasteiger charge is 2.26. The lowest BCUT2D eigenvalue weighted by Crippen LogP contribution is -2.42. The number of hydrogen-bond donors (Lipinski definition) is 2. The predicted molar refractivity (Wildman–Crippen MR) is 115 cm³/mol. The molecule has 1 heterocycles.